The van der Waals surface area contributed by atoms with Crippen molar-refractivity contribution in [1.82, 2.24) is 5.32 Å². The van der Waals surface area contributed by atoms with Crippen LogP contribution in [0.1, 0.15) is 12.5 Å². The topological polar surface area (TPSA) is 81.1 Å². The van der Waals surface area contributed by atoms with Gasteiger partial charge in [0.15, 0.2) is 0 Å². The van der Waals surface area contributed by atoms with Gasteiger partial charge in [0, 0.05) is 13.5 Å². The van der Waals surface area contributed by atoms with Gasteiger partial charge in [0.2, 0.25) is 5.91 Å². The molecule has 0 fully saturated rings. The third-order valence-electron chi connectivity index (χ3n) is 1.94. The van der Waals surface area contributed by atoms with Crippen LogP contribution in [0.3, 0.4) is 0 Å². The molecule has 0 spiro atoms. The maximum absolute atomic E-state index is 10.6. The first-order valence-electron chi connectivity index (χ1n) is 4.66. The molecular formula is C11H15N3O. The average molecular weight is 205 g/mol. The van der Waals surface area contributed by atoms with E-state index in [1.807, 2.05) is 24.3 Å². The molecule has 0 unspecified atom stereocenters. The molecule has 0 saturated carbocycles. The molecule has 0 heterocycles. The molecule has 1 aromatic rings. The van der Waals surface area contributed by atoms with Gasteiger partial charge in [-0.2, -0.15) is 0 Å². The molecule has 4 heteroatoms. The Bertz CT molecular complexity index is 385. The van der Waals surface area contributed by atoms with E-state index in [4.69, 9.17) is 11.5 Å². The third kappa shape index (κ3) is 3.34. The summed E-state index contributed by atoms with van der Waals surface area (Å²) in [6.45, 7) is 1.96. The molecule has 5 N–H and O–H groups in total. The van der Waals surface area contributed by atoms with Crippen LogP contribution in [0.4, 0.5) is 11.4 Å². The Hall–Kier alpha value is -1.97. The fourth-order valence-corrected chi connectivity index (χ4v) is 1.14. The van der Waals surface area contributed by atoms with Gasteiger partial charge in [-0.15, -0.1) is 0 Å². The number of rotatable bonds is 3. The zero-order valence-corrected chi connectivity index (χ0v) is 8.66. The minimum absolute atomic E-state index is 0.0554. The second kappa shape index (κ2) is 5.05. The van der Waals surface area contributed by atoms with Crippen molar-refractivity contribution in [1.29, 1.82) is 0 Å². The summed E-state index contributed by atoms with van der Waals surface area (Å²) in [5.41, 5.74) is 13.4. The molecule has 0 bridgehead atoms. The van der Waals surface area contributed by atoms with Crippen molar-refractivity contribution >= 4 is 23.4 Å². The molecule has 15 heavy (non-hydrogen) atoms. The fraction of sp³-hybridized carbons (Fsp3) is 0.182. The van der Waals surface area contributed by atoms with E-state index in [1.54, 1.807) is 6.07 Å². The van der Waals surface area contributed by atoms with Gasteiger partial charge in [-0.3, -0.25) is 4.79 Å². The highest BCUT2D eigenvalue weighted by molar-refractivity contribution is 5.76. The molecule has 0 atom stereocenters. The number of nitrogen functional groups attached to an aromatic ring is 2. The zero-order chi connectivity index (χ0) is 11.3. The minimum Gasteiger partial charge on any atom is -0.397 e. The Kier molecular flexibility index (Phi) is 3.74. The van der Waals surface area contributed by atoms with Gasteiger partial charge >= 0.3 is 0 Å². The molecule has 1 aromatic carbocycles. The van der Waals surface area contributed by atoms with Crippen LogP contribution < -0.4 is 16.8 Å². The highest BCUT2D eigenvalue weighted by Crippen LogP contribution is 2.20. The number of hydrogen-bond acceptors (Lipinski definition) is 3. The van der Waals surface area contributed by atoms with Crippen LogP contribution in [0.25, 0.3) is 6.08 Å². The van der Waals surface area contributed by atoms with Crippen LogP contribution in [-0.2, 0) is 4.79 Å². The second-order valence-electron chi connectivity index (χ2n) is 3.19. The van der Waals surface area contributed by atoms with Crippen molar-refractivity contribution in [3.63, 3.8) is 0 Å². The van der Waals surface area contributed by atoms with Crippen molar-refractivity contribution in [2.45, 2.75) is 6.92 Å². The molecule has 0 aliphatic carbocycles. The monoisotopic (exact) mass is 205 g/mol. The molecule has 0 aliphatic heterocycles. The van der Waals surface area contributed by atoms with Gasteiger partial charge < -0.3 is 16.8 Å². The Morgan fingerprint density at radius 2 is 2.20 bits per heavy atom. The third-order valence-corrected chi connectivity index (χ3v) is 1.94. The molecule has 4 nitrogen and oxygen atoms in total. The lowest BCUT2D eigenvalue weighted by Crippen LogP contribution is -2.19. The number of nitrogens with one attached hydrogen (secondary N) is 1. The van der Waals surface area contributed by atoms with Crippen molar-refractivity contribution in [2.24, 2.45) is 0 Å². The first-order valence-corrected chi connectivity index (χ1v) is 4.66. The Morgan fingerprint density at radius 1 is 1.47 bits per heavy atom. The zero-order valence-electron chi connectivity index (χ0n) is 8.66. The predicted octanol–water partition coefficient (Wildman–Crippen LogP) is 1.00. The minimum atomic E-state index is -0.0554. The average Bonchev–Trinajstić information content (AvgIpc) is 2.18. The van der Waals surface area contributed by atoms with Crippen molar-refractivity contribution in [3.05, 3.63) is 29.8 Å². The summed E-state index contributed by atoms with van der Waals surface area (Å²) < 4.78 is 0. The maximum Gasteiger partial charge on any atom is 0.217 e. The van der Waals surface area contributed by atoms with E-state index in [0.717, 1.165) is 5.56 Å². The Morgan fingerprint density at radius 3 is 2.87 bits per heavy atom. The van der Waals surface area contributed by atoms with E-state index in [9.17, 15) is 4.79 Å². The van der Waals surface area contributed by atoms with Crippen LogP contribution in [-0.4, -0.2) is 12.5 Å². The number of carbonyl (C=O) groups excluding carboxylic acids is 1. The summed E-state index contributed by atoms with van der Waals surface area (Å²) in [6, 6.07) is 5.46. The standard InChI is InChI=1S/C11H15N3O/c1-8(15)14-7-3-5-9-4-2-6-10(12)11(9)13/h2-6H,7,12-13H2,1H3,(H,14,15). The summed E-state index contributed by atoms with van der Waals surface area (Å²) in [7, 11) is 0. The largest absolute Gasteiger partial charge is 0.397 e. The smallest absolute Gasteiger partial charge is 0.217 e. The Balaban J connectivity index is 2.64. The van der Waals surface area contributed by atoms with Gasteiger partial charge in [0.25, 0.3) is 0 Å². The van der Waals surface area contributed by atoms with E-state index in [1.165, 1.54) is 6.92 Å². The van der Waals surface area contributed by atoms with Crippen molar-refractivity contribution < 1.29 is 4.79 Å². The van der Waals surface area contributed by atoms with Crippen LogP contribution >= 0.6 is 0 Å². The van der Waals surface area contributed by atoms with E-state index in [-0.39, 0.29) is 5.91 Å². The maximum atomic E-state index is 10.6. The van der Waals surface area contributed by atoms with Crippen LogP contribution in [0.15, 0.2) is 24.3 Å². The first-order chi connectivity index (χ1) is 7.11. The van der Waals surface area contributed by atoms with E-state index >= 15 is 0 Å². The quantitative estimate of drug-likeness (QED) is 0.644. The lowest BCUT2D eigenvalue weighted by Gasteiger charge is -2.03. The number of hydrogen-bond donors (Lipinski definition) is 3. The molecule has 0 saturated heterocycles. The molecule has 0 aromatic heterocycles. The van der Waals surface area contributed by atoms with Gasteiger partial charge in [0.1, 0.15) is 0 Å². The molecule has 0 radical (unpaired) electrons. The highest BCUT2D eigenvalue weighted by Gasteiger charge is 1.97. The SMILES string of the molecule is CC(=O)NCC=Cc1cccc(N)c1N. The summed E-state index contributed by atoms with van der Waals surface area (Å²) in [6.07, 6.45) is 3.66. The van der Waals surface area contributed by atoms with Gasteiger partial charge in [-0.1, -0.05) is 24.3 Å². The second-order valence-corrected chi connectivity index (χ2v) is 3.19. The van der Waals surface area contributed by atoms with Gasteiger partial charge in [-0.25, -0.2) is 0 Å². The number of nitrogens with two attached hydrogens (primary N) is 2. The van der Waals surface area contributed by atoms with Crippen LogP contribution in [0.5, 0.6) is 0 Å². The van der Waals surface area contributed by atoms with Crippen LogP contribution in [0.2, 0.25) is 0 Å². The van der Waals surface area contributed by atoms with E-state index in [2.05, 4.69) is 5.32 Å². The molecule has 80 valence electrons. The van der Waals surface area contributed by atoms with Crippen molar-refractivity contribution in [2.75, 3.05) is 18.0 Å². The number of carbonyl (C=O) groups is 1. The number of amides is 1. The lowest BCUT2D eigenvalue weighted by molar-refractivity contribution is -0.118. The number of benzene rings is 1. The van der Waals surface area contributed by atoms with E-state index < -0.39 is 0 Å². The summed E-state index contributed by atoms with van der Waals surface area (Å²) in [5.74, 6) is -0.0554. The summed E-state index contributed by atoms with van der Waals surface area (Å²) >= 11 is 0. The lowest BCUT2D eigenvalue weighted by atomic mass is 10.1. The van der Waals surface area contributed by atoms with Crippen molar-refractivity contribution in [3.8, 4) is 0 Å². The summed E-state index contributed by atoms with van der Waals surface area (Å²) in [5, 5.41) is 2.65. The number of anilines is 2. The fourth-order valence-electron chi connectivity index (χ4n) is 1.14. The van der Waals surface area contributed by atoms with Gasteiger partial charge in [0.05, 0.1) is 11.4 Å². The highest BCUT2D eigenvalue weighted by atomic mass is 16.1. The normalized spacial score (nSPS) is 10.5. The molecule has 0 aliphatic rings. The number of para-hydroxylation sites is 1. The van der Waals surface area contributed by atoms with Crippen LogP contribution in [0, 0.1) is 0 Å². The molecule has 1 amide bonds. The van der Waals surface area contributed by atoms with E-state index in [0.29, 0.717) is 17.9 Å². The molecule has 1 rings (SSSR count). The van der Waals surface area contributed by atoms with Gasteiger partial charge in [-0.05, 0) is 11.6 Å². The predicted molar refractivity (Wildman–Crippen MR) is 63.0 cm³/mol. The first kappa shape index (κ1) is 11.1. The summed E-state index contributed by atoms with van der Waals surface area (Å²) in [4.78, 5) is 10.6. The Labute approximate surface area is 89.0 Å². The molecular weight excluding hydrogens is 190 g/mol.